The maximum absolute atomic E-state index is 3.63. The molecule has 0 radical (unpaired) electrons. The lowest BCUT2D eigenvalue weighted by molar-refractivity contribution is 0.303. The third-order valence-corrected chi connectivity index (χ3v) is 3.93. The molecule has 1 aliphatic heterocycles. The molecule has 0 amide bonds. The summed E-state index contributed by atoms with van der Waals surface area (Å²) in [5, 5.41) is 9.74. The van der Waals surface area contributed by atoms with E-state index in [-0.39, 0.29) is 5.54 Å². The van der Waals surface area contributed by atoms with Crippen LogP contribution in [-0.2, 0) is 5.54 Å². The Bertz CT molecular complexity index is 568. The van der Waals surface area contributed by atoms with Crippen LogP contribution >= 0.6 is 0 Å². The zero-order valence-corrected chi connectivity index (χ0v) is 11.1. The summed E-state index contributed by atoms with van der Waals surface area (Å²) in [4.78, 5) is 0. The summed E-state index contributed by atoms with van der Waals surface area (Å²) < 4.78 is 0. The molecule has 94 valence electrons. The van der Waals surface area contributed by atoms with Gasteiger partial charge in [-0.3, -0.25) is 0 Å². The fraction of sp³-hybridized carbons (Fsp3) is 0.375. The summed E-state index contributed by atoms with van der Waals surface area (Å²) in [6, 6.07) is 13.4. The molecular formula is C16H20N2. The van der Waals surface area contributed by atoms with Crippen LogP contribution in [0.25, 0.3) is 10.8 Å². The molecule has 1 fully saturated rings. The first-order valence-corrected chi connectivity index (χ1v) is 6.64. The van der Waals surface area contributed by atoms with E-state index in [1.807, 2.05) is 0 Å². The smallest absolute Gasteiger partial charge is 0.0533 e. The molecule has 2 aromatic rings. The van der Waals surface area contributed by atoms with Gasteiger partial charge in [0.05, 0.1) is 5.54 Å². The van der Waals surface area contributed by atoms with E-state index in [4.69, 9.17) is 0 Å². The summed E-state index contributed by atoms with van der Waals surface area (Å²) >= 11 is 0. The van der Waals surface area contributed by atoms with Crippen molar-refractivity contribution >= 4 is 10.8 Å². The van der Waals surface area contributed by atoms with E-state index in [9.17, 15) is 0 Å². The number of benzene rings is 2. The van der Waals surface area contributed by atoms with E-state index < -0.39 is 0 Å². The van der Waals surface area contributed by atoms with Crippen molar-refractivity contribution in [2.45, 2.75) is 19.4 Å². The molecule has 1 aliphatic rings. The lowest BCUT2D eigenvalue weighted by Gasteiger charge is -2.36. The van der Waals surface area contributed by atoms with Crippen LogP contribution in [-0.4, -0.2) is 19.6 Å². The second-order valence-corrected chi connectivity index (χ2v) is 5.50. The number of hydrogen-bond donors (Lipinski definition) is 2. The number of fused-ring (bicyclic) bond motifs is 1. The molecule has 0 spiro atoms. The van der Waals surface area contributed by atoms with Gasteiger partial charge in [0, 0.05) is 19.6 Å². The molecule has 0 aliphatic carbocycles. The summed E-state index contributed by atoms with van der Waals surface area (Å²) in [5.74, 6) is 0. The van der Waals surface area contributed by atoms with Crippen LogP contribution in [0.15, 0.2) is 36.4 Å². The molecule has 3 rings (SSSR count). The van der Waals surface area contributed by atoms with Crippen LogP contribution in [0.4, 0.5) is 0 Å². The van der Waals surface area contributed by atoms with E-state index in [0.717, 1.165) is 19.6 Å². The number of aryl methyl sites for hydroxylation is 1. The molecule has 2 aromatic carbocycles. The number of rotatable bonds is 1. The molecular weight excluding hydrogens is 220 g/mol. The van der Waals surface area contributed by atoms with E-state index in [1.54, 1.807) is 0 Å². The Kier molecular flexibility index (Phi) is 2.84. The Balaban J connectivity index is 2.05. The van der Waals surface area contributed by atoms with Gasteiger partial charge in [-0.15, -0.1) is 0 Å². The van der Waals surface area contributed by atoms with E-state index in [2.05, 4.69) is 60.9 Å². The average molecular weight is 240 g/mol. The molecule has 18 heavy (non-hydrogen) atoms. The lowest BCUT2D eigenvalue weighted by atomic mass is 9.89. The third-order valence-electron chi connectivity index (χ3n) is 3.93. The Morgan fingerprint density at radius 1 is 1.00 bits per heavy atom. The van der Waals surface area contributed by atoms with Crippen molar-refractivity contribution in [2.24, 2.45) is 0 Å². The van der Waals surface area contributed by atoms with E-state index >= 15 is 0 Å². The minimum Gasteiger partial charge on any atom is -0.313 e. The van der Waals surface area contributed by atoms with Crippen molar-refractivity contribution in [2.75, 3.05) is 19.6 Å². The maximum Gasteiger partial charge on any atom is 0.0533 e. The number of hydrogen-bond acceptors (Lipinski definition) is 2. The second-order valence-electron chi connectivity index (χ2n) is 5.50. The van der Waals surface area contributed by atoms with Crippen LogP contribution < -0.4 is 10.6 Å². The predicted octanol–water partition coefficient (Wildman–Crippen LogP) is 2.56. The second kappa shape index (κ2) is 4.38. The van der Waals surface area contributed by atoms with Crippen molar-refractivity contribution in [3.05, 3.63) is 47.5 Å². The van der Waals surface area contributed by atoms with Crippen molar-refractivity contribution in [3.63, 3.8) is 0 Å². The number of nitrogens with one attached hydrogen (secondary N) is 2. The maximum atomic E-state index is 3.63. The van der Waals surface area contributed by atoms with Crippen molar-refractivity contribution in [3.8, 4) is 0 Å². The van der Waals surface area contributed by atoms with Crippen LogP contribution in [0.5, 0.6) is 0 Å². The Labute approximate surface area is 108 Å². The Hall–Kier alpha value is -1.38. The molecule has 0 saturated carbocycles. The molecule has 1 saturated heterocycles. The first kappa shape index (κ1) is 11.7. The quantitative estimate of drug-likeness (QED) is 0.800. The molecule has 1 unspecified atom stereocenters. The van der Waals surface area contributed by atoms with Crippen molar-refractivity contribution in [1.29, 1.82) is 0 Å². The largest absolute Gasteiger partial charge is 0.313 e. The fourth-order valence-electron chi connectivity index (χ4n) is 2.74. The van der Waals surface area contributed by atoms with Crippen molar-refractivity contribution in [1.82, 2.24) is 10.6 Å². The van der Waals surface area contributed by atoms with Gasteiger partial charge >= 0.3 is 0 Å². The fourth-order valence-corrected chi connectivity index (χ4v) is 2.74. The van der Waals surface area contributed by atoms with Gasteiger partial charge in [-0.1, -0.05) is 35.9 Å². The third kappa shape index (κ3) is 2.02. The zero-order valence-electron chi connectivity index (χ0n) is 11.1. The number of piperazine rings is 1. The van der Waals surface area contributed by atoms with Crippen LogP contribution in [0.3, 0.4) is 0 Å². The van der Waals surface area contributed by atoms with E-state index in [1.165, 1.54) is 21.9 Å². The van der Waals surface area contributed by atoms with Gasteiger partial charge in [0.25, 0.3) is 0 Å². The molecule has 0 bridgehead atoms. The summed E-state index contributed by atoms with van der Waals surface area (Å²) in [6.07, 6.45) is 0. The predicted molar refractivity (Wildman–Crippen MR) is 76.9 cm³/mol. The first-order valence-electron chi connectivity index (χ1n) is 6.64. The molecule has 0 aromatic heterocycles. The highest BCUT2D eigenvalue weighted by molar-refractivity contribution is 5.84. The summed E-state index contributed by atoms with van der Waals surface area (Å²) in [5.41, 5.74) is 2.74. The van der Waals surface area contributed by atoms with Gasteiger partial charge in [0.1, 0.15) is 0 Å². The summed E-state index contributed by atoms with van der Waals surface area (Å²) in [7, 11) is 0. The standard InChI is InChI=1S/C16H20N2/c1-12-3-4-14-10-15(6-5-13(14)9-12)16(2)11-17-7-8-18-16/h3-6,9-10,17-18H,7-8,11H2,1-2H3. The highest BCUT2D eigenvalue weighted by Crippen LogP contribution is 2.26. The van der Waals surface area contributed by atoms with Gasteiger partial charge in [0.15, 0.2) is 0 Å². The van der Waals surface area contributed by atoms with Crippen molar-refractivity contribution < 1.29 is 0 Å². The van der Waals surface area contributed by atoms with Gasteiger partial charge in [-0.2, -0.15) is 0 Å². The zero-order chi connectivity index (χ0) is 12.6. The summed E-state index contributed by atoms with van der Waals surface area (Å²) in [6.45, 7) is 7.49. The van der Waals surface area contributed by atoms with Gasteiger partial charge in [-0.25, -0.2) is 0 Å². The normalized spacial score (nSPS) is 24.3. The SMILES string of the molecule is Cc1ccc2cc(C3(C)CNCCN3)ccc2c1. The topological polar surface area (TPSA) is 24.1 Å². The van der Waals surface area contributed by atoms with E-state index in [0.29, 0.717) is 0 Å². The molecule has 2 N–H and O–H groups in total. The highest BCUT2D eigenvalue weighted by Gasteiger charge is 2.27. The van der Waals surface area contributed by atoms with Crippen LogP contribution in [0.1, 0.15) is 18.1 Å². The first-order chi connectivity index (χ1) is 8.67. The molecule has 2 nitrogen and oxygen atoms in total. The minimum atomic E-state index is 0.0529. The average Bonchev–Trinajstić information content (AvgIpc) is 2.39. The van der Waals surface area contributed by atoms with Gasteiger partial charge in [-0.05, 0) is 36.2 Å². The Morgan fingerprint density at radius 3 is 2.56 bits per heavy atom. The van der Waals surface area contributed by atoms with Crippen LogP contribution in [0.2, 0.25) is 0 Å². The minimum absolute atomic E-state index is 0.0529. The molecule has 1 heterocycles. The molecule has 1 atom stereocenters. The Morgan fingerprint density at radius 2 is 1.78 bits per heavy atom. The van der Waals surface area contributed by atoms with Gasteiger partial charge in [0.2, 0.25) is 0 Å². The van der Waals surface area contributed by atoms with Crippen LogP contribution in [0, 0.1) is 6.92 Å². The molecule has 2 heteroatoms. The highest BCUT2D eigenvalue weighted by atomic mass is 15.1. The lowest BCUT2D eigenvalue weighted by Crippen LogP contribution is -2.54. The van der Waals surface area contributed by atoms with Gasteiger partial charge < -0.3 is 10.6 Å². The monoisotopic (exact) mass is 240 g/mol.